The van der Waals surface area contributed by atoms with E-state index < -0.39 is 0 Å². The van der Waals surface area contributed by atoms with E-state index in [9.17, 15) is 5.11 Å². The monoisotopic (exact) mass is 402 g/mol. The second kappa shape index (κ2) is 11.3. The zero-order valence-corrected chi connectivity index (χ0v) is 20.1. The number of unbranched alkanes of at least 4 members (excludes halogenated alkanes) is 8. The molecule has 166 valence electrons. The number of hydrogen-bond donors (Lipinski definition) is 1. The van der Waals surface area contributed by atoms with Crippen molar-refractivity contribution in [2.45, 2.75) is 131 Å². The summed E-state index contributed by atoms with van der Waals surface area (Å²) in [7, 11) is 0. The molecule has 1 atom stereocenters. The summed E-state index contributed by atoms with van der Waals surface area (Å²) in [4.78, 5) is 0. The van der Waals surface area contributed by atoms with Gasteiger partial charge >= 0.3 is 0 Å². The van der Waals surface area contributed by atoms with Crippen LogP contribution >= 0.6 is 0 Å². The molecule has 0 aromatic heterocycles. The third-order valence-corrected chi connectivity index (χ3v) is 7.08. The highest BCUT2D eigenvalue weighted by molar-refractivity contribution is 5.58. The summed E-state index contributed by atoms with van der Waals surface area (Å²) in [5.41, 5.74) is 4.26. The molecule has 2 rings (SSSR count). The van der Waals surface area contributed by atoms with Crippen LogP contribution in [0.25, 0.3) is 0 Å². The van der Waals surface area contributed by atoms with E-state index in [0.717, 1.165) is 47.6 Å². The number of rotatable bonds is 12. The fraction of sp³-hybridized carbons (Fsp3) is 0.778. The first-order chi connectivity index (χ1) is 13.7. The van der Waals surface area contributed by atoms with Crippen molar-refractivity contribution < 1.29 is 9.84 Å². The minimum absolute atomic E-state index is 0.0516. The van der Waals surface area contributed by atoms with Crippen LogP contribution < -0.4 is 4.74 Å². The van der Waals surface area contributed by atoms with E-state index in [2.05, 4.69) is 27.7 Å². The number of hydrogen-bond acceptors (Lipinski definition) is 2. The number of phenols is 1. The first-order valence-electron chi connectivity index (χ1n) is 12.3. The Morgan fingerprint density at radius 2 is 1.38 bits per heavy atom. The maximum atomic E-state index is 10.3. The molecule has 0 saturated heterocycles. The fourth-order valence-electron chi connectivity index (χ4n) is 4.76. The minimum atomic E-state index is -0.0516. The summed E-state index contributed by atoms with van der Waals surface area (Å²) < 4.78 is 6.56. The third-order valence-electron chi connectivity index (χ3n) is 7.08. The lowest BCUT2D eigenvalue weighted by Gasteiger charge is -2.38. The number of benzene rings is 1. The van der Waals surface area contributed by atoms with Crippen LogP contribution in [0, 0.1) is 26.7 Å². The van der Waals surface area contributed by atoms with Crippen LogP contribution in [-0.2, 0) is 6.42 Å². The highest BCUT2D eigenvalue weighted by Gasteiger charge is 2.34. The van der Waals surface area contributed by atoms with Crippen molar-refractivity contribution in [3.8, 4) is 11.5 Å². The minimum Gasteiger partial charge on any atom is -0.507 e. The van der Waals surface area contributed by atoms with Crippen molar-refractivity contribution in [2.24, 2.45) is 5.92 Å². The molecule has 1 aromatic carbocycles. The number of phenolic OH excluding ortho intramolecular Hbond substituents is 1. The predicted molar refractivity (Wildman–Crippen MR) is 125 cm³/mol. The Bertz CT molecular complexity index is 647. The van der Waals surface area contributed by atoms with Crippen molar-refractivity contribution in [3.05, 3.63) is 22.3 Å². The summed E-state index contributed by atoms with van der Waals surface area (Å²) in [6, 6.07) is 0. The maximum Gasteiger partial charge on any atom is 0.127 e. The van der Waals surface area contributed by atoms with Crippen LogP contribution in [0.3, 0.4) is 0 Å². The molecule has 0 fully saturated rings. The summed E-state index contributed by atoms with van der Waals surface area (Å²) in [6.45, 7) is 13.0. The summed E-state index contributed by atoms with van der Waals surface area (Å²) in [5, 5.41) is 10.3. The van der Waals surface area contributed by atoms with Gasteiger partial charge in [0.25, 0.3) is 0 Å². The molecule has 0 bridgehead atoms. The molecule has 29 heavy (non-hydrogen) atoms. The summed E-state index contributed by atoms with van der Waals surface area (Å²) >= 11 is 0. The molecule has 1 aliphatic rings. The van der Waals surface area contributed by atoms with E-state index in [1.807, 2.05) is 13.8 Å². The second-order valence-corrected chi connectivity index (χ2v) is 10.2. The van der Waals surface area contributed by atoms with E-state index in [4.69, 9.17) is 4.74 Å². The van der Waals surface area contributed by atoms with Crippen LogP contribution in [0.5, 0.6) is 11.5 Å². The Morgan fingerprint density at radius 1 is 0.828 bits per heavy atom. The van der Waals surface area contributed by atoms with Crippen molar-refractivity contribution in [3.63, 3.8) is 0 Å². The maximum absolute atomic E-state index is 10.3. The Hall–Kier alpha value is -1.18. The van der Waals surface area contributed by atoms with Gasteiger partial charge in [-0.05, 0) is 76.0 Å². The topological polar surface area (TPSA) is 29.5 Å². The first kappa shape index (κ1) is 24.1. The van der Waals surface area contributed by atoms with Gasteiger partial charge in [-0.15, -0.1) is 0 Å². The molecule has 0 amide bonds. The van der Waals surface area contributed by atoms with Crippen molar-refractivity contribution in [2.75, 3.05) is 0 Å². The van der Waals surface area contributed by atoms with Crippen LogP contribution in [0.4, 0.5) is 0 Å². The molecule has 0 spiro atoms. The van der Waals surface area contributed by atoms with Crippen LogP contribution in [-0.4, -0.2) is 10.7 Å². The predicted octanol–water partition coefficient (Wildman–Crippen LogP) is 8.35. The molecule has 0 unspecified atom stereocenters. The molecule has 1 aliphatic heterocycles. The van der Waals surface area contributed by atoms with Gasteiger partial charge in [0.15, 0.2) is 0 Å². The highest BCUT2D eigenvalue weighted by Crippen LogP contribution is 2.44. The van der Waals surface area contributed by atoms with Gasteiger partial charge in [-0.1, -0.05) is 71.6 Å². The van der Waals surface area contributed by atoms with Crippen LogP contribution in [0.15, 0.2) is 0 Å². The van der Waals surface area contributed by atoms with Crippen molar-refractivity contribution in [1.82, 2.24) is 0 Å². The van der Waals surface area contributed by atoms with Gasteiger partial charge in [-0.2, -0.15) is 0 Å². The van der Waals surface area contributed by atoms with Gasteiger partial charge in [0.1, 0.15) is 17.1 Å². The summed E-state index contributed by atoms with van der Waals surface area (Å²) in [6.07, 6.45) is 17.0. The molecule has 0 radical (unpaired) electrons. The van der Waals surface area contributed by atoms with E-state index in [1.54, 1.807) is 0 Å². The van der Waals surface area contributed by atoms with Gasteiger partial charge in [0.05, 0.1) is 0 Å². The lowest BCUT2D eigenvalue weighted by molar-refractivity contribution is 0.0521. The Kier molecular flexibility index (Phi) is 9.37. The van der Waals surface area contributed by atoms with Crippen LogP contribution in [0.2, 0.25) is 0 Å². The van der Waals surface area contributed by atoms with Crippen molar-refractivity contribution >= 4 is 0 Å². The summed E-state index contributed by atoms with van der Waals surface area (Å²) in [5.74, 6) is 2.36. The lowest BCUT2D eigenvalue weighted by Crippen LogP contribution is -2.37. The molecular weight excluding hydrogens is 356 g/mol. The average molecular weight is 403 g/mol. The SMILES string of the molecule is Cc1c(C)c2c(c(C)c1O)CC[C@@](C)(CCCCCCCCCCCC(C)C)O2. The van der Waals surface area contributed by atoms with Gasteiger partial charge < -0.3 is 9.84 Å². The zero-order valence-electron chi connectivity index (χ0n) is 20.1. The largest absolute Gasteiger partial charge is 0.507 e. The molecule has 2 nitrogen and oxygen atoms in total. The number of aromatic hydroxyl groups is 1. The quantitative estimate of drug-likeness (QED) is 0.356. The standard InChI is InChI=1S/C27H46O2/c1-20(2)16-14-12-10-8-7-9-11-13-15-18-27(6)19-17-24-23(5)25(28)21(3)22(4)26(24)29-27/h20,28H,7-19H2,1-6H3/t27-/m1/s1. The molecule has 2 heteroatoms. The van der Waals surface area contributed by atoms with Gasteiger partial charge in [0.2, 0.25) is 0 Å². The van der Waals surface area contributed by atoms with Crippen molar-refractivity contribution in [1.29, 1.82) is 0 Å². The van der Waals surface area contributed by atoms with E-state index >= 15 is 0 Å². The molecule has 1 N–H and O–H groups in total. The smallest absolute Gasteiger partial charge is 0.127 e. The highest BCUT2D eigenvalue weighted by atomic mass is 16.5. The van der Waals surface area contributed by atoms with E-state index in [0.29, 0.717) is 5.75 Å². The van der Waals surface area contributed by atoms with Crippen LogP contribution in [0.1, 0.15) is 120 Å². The second-order valence-electron chi connectivity index (χ2n) is 10.2. The molecular formula is C27H46O2. The fourth-order valence-corrected chi connectivity index (χ4v) is 4.76. The lowest BCUT2D eigenvalue weighted by atomic mass is 9.84. The zero-order chi connectivity index (χ0) is 21.4. The van der Waals surface area contributed by atoms with E-state index in [1.165, 1.54) is 69.8 Å². The van der Waals surface area contributed by atoms with Gasteiger partial charge in [-0.25, -0.2) is 0 Å². The number of ether oxygens (including phenoxy) is 1. The molecule has 0 aliphatic carbocycles. The van der Waals surface area contributed by atoms with Gasteiger partial charge in [-0.3, -0.25) is 0 Å². The third kappa shape index (κ3) is 6.93. The van der Waals surface area contributed by atoms with E-state index in [-0.39, 0.29) is 5.60 Å². The van der Waals surface area contributed by atoms with Gasteiger partial charge in [0, 0.05) is 5.56 Å². The Balaban J connectivity index is 1.66. The normalized spacial score (nSPS) is 18.7. The molecule has 0 saturated carbocycles. The average Bonchev–Trinajstić information content (AvgIpc) is 2.68. The Labute approximate surface area is 180 Å². The number of fused-ring (bicyclic) bond motifs is 1. The molecule has 1 aromatic rings. The molecule has 1 heterocycles. The first-order valence-corrected chi connectivity index (χ1v) is 12.3. The Morgan fingerprint density at radius 3 is 1.97 bits per heavy atom.